The minimum atomic E-state index is -0.163. The molecule has 0 spiro atoms. The highest BCUT2D eigenvalue weighted by Crippen LogP contribution is 2.41. The molecule has 5 rings (SSSR count). The van der Waals surface area contributed by atoms with Crippen LogP contribution < -0.4 is 5.43 Å². The van der Waals surface area contributed by atoms with Crippen molar-refractivity contribution in [3.05, 3.63) is 68.8 Å². The molecule has 1 aliphatic heterocycles. The number of hydrogen-bond donors (Lipinski definition) is 1. The lowest BCUT2D eigenvalue weighted by atomic mass is 10.0. The predicted octanol–water partition coefficient (Wildman–Crippen LogP) is 6.27. The molecule has 0 unspecified atom stereocenters. The van der Waals surface area contributed by atoms with E-state index in [4.69, 9.17) is 16.7 Å². The molecule has 1 saturated carbocycles. The van der Waals surface area contributed by atoms with Gasteiger partial charge in [-0.05, 0) is 78.2 Å². The molecule has 2 fully saturated rings. The Labute approximate surface area is 201 Å². The van der Waals surface area contributed by atoms with Crippen molar-refractivity contribution < 1.29 is 4.79 Å². The van der Waals surface area contributed by atoms with Crippen molar-refractivity contribution in [2.24, 2.45) is 0 Å². The van der Waals surface area contributed by atoms with E-state index in [-0.39, 0.29) is 5.91 Å². The normalized spacial score (nSPS) is 16.8. The van der Waals surface area contributed by atoms with Gasteiger partial charge in [0.25, 0.3) is 5.91 Å². The second-order valence-corrected chi connectivity index (χ2v) is 10.0. The smallest absolute Gasteiger partial charge is 0.283 e. The molecule has 7 heteroatoms. The number of benzene rings is 2. The van der Waals surface area contributed by atoms with Crippen LogP contribution in [0.5, 0.6) is 0 Å². The summed E-state index contributed by atoms with van der Waals surface area (Å²) in [6, 6.07) is 14.3. The number of rotatable bonds is 5. The molecule has 0 bridgehead atoms. The molecule has 2 aromatic carbocycles. The van der Waals surface area contributed by atoms with E-state index in [0.717, 1.165) is 52.9 Å². The maximum atomic E-state index is 13.2. The van der Waals surface area contributed by atoms with E-state index in [1.54, 1.807) is 0 Å². The van der Waals surface area contributed by atoms with Crippen LogP contribution >= 0.6 is 27.5 Å². The van der Waals surface area contributed by atoms with Crippen molar-refractivity contribution in [1.82, 2.24) is 20.2 Å². The van der Waals surface area contributed by atoms with Gasteiger partial charge in [-0.3, -0.25) is 10.2 Å². The van der Waals surface area contributed by atoms with Crippen molar-refractivity contribution in [1.29, 1.82) is 0 Å². The SMILES string of the molecule is Cc1c(C(=O)NN2CCCCC2)nn(-c2ccc(Cl)cc2Br)c1-c1ccc(C2CC2)cc1. The van der Waals surface area contributed by atoms with Crippen LogP contribution in [0.1, 0.15) is 59.6 Å². The van der Waals surface area contributed by atoms with Gasteiger partial charge in [0.1, 0.15) is 0 Å². The molecule has 32 heavy (non-hydrogen) atoms. The van der Waals surface area contributed by atoms with E-state index in [9.17, 15) is 4.79 Å². The Hall–Kier alpha value is -2.15. The molecule has 166 valence electrons. The van der Waals surface area contributed by atoms with E-state index in [1.165, 1.54) is 24.8 Å². The van der Waals surface area contributed by atoms with Gasteiger partial charge in [-0.15, -0.1) is 0 Å². The molecule has 1 aliphatic carbocycles. The fourth-order valence-electron chi connectivity index (χ4n) is 4.41. The highest BCUT2D eigenvalue weighted by molar-refractivity contribution is 9.10. The third kappa shape index (κ3) is 4.36. The fourth-order valence-corrected chi connectivity index (χ4v) is 5.26. The van der Waals surface area contributed by atoms with Gasteiger partial charge < -0.3 is 0 Å². The minimum absolute atomic E-state index is 0.163. The fraction of sp³-hybridized carbons (Fsp3) is 0.360. The van der Waals surface area contributed by atoms with Gasteiger partial charge >= 0.3 is 0 Å². The number of amides is 1. The molecule has 1 aromatic heterocycles. The van der Waals surface area contributed by atoms with E-state index >= 15 is 0 Å². The van der Waals surface area contributed by atoms with Crippen LogP contribution in [0, 0.1) is 6.92 Å². The molecule has 0 radical (unpaired) electrons. The Morgan fingerprint density at radius 1 is 1.09 bits per heavy atom. The van der Waals surface area contributed by atoms with Gasteiger partial charge in [0.05, 0.1) is 11.4 Å². The summed E-state index contributed by atoms with van der Waals surface area (Å²) in [5.41, 5.74) is 8.55. The van der Waals surface area contributed by atoms with Crippen LogP contribution in [-0.2, 0) is 0 Å². The molecule has 0 atom stereocenters. The van der Waals surface area contributed by atoms with Crippen LogP contribution in [0.15, 0.2) is 46.9 Å². The molecular weight excluding hydrogens is 488 g/mol. The standard InChI is InChI=1S/C25H26BrClN4O/c1-16-23(25(32)29-30-13-3-2-4-14-30)28-31(22-12-11-20(27)15-21(22)26)24(16)19-9-7-18(8-10-19)17-5-6-17/h7-12,15,17H,2-6,13-14H2,1H3,(H,29,32). The average molecular weight is 514 g/mol. The van der Waals surface area contributed by atoms with Crippen LogP contribution in [0.2, 0.25) is 5.02 Å². The van der Waals surface area contributed by atoms with Gasteiger partial charge in [-0.25, -0.2) is 9.69 Å². The minimum Gasteiger partial charge on any atom is -0.283 e. The Balaban J connectivity index is 1.57. The van der Waals surface area contributed by atoms with Gasteiger partial charge in [-0.2, -0.15) is 5.10 Å². The number of nitrogens with one attached hydrogen (secondary N) is 1. The summed E-state index contributed by atoms with van der Waals surface area (Å²) in [4.78, 5) is 13.2. The maximum absolute atomic E-state index is 13.2. The summed E-state index contributed by atoms with van der Waals surface area (Å²) in [5, 5.41) is 7.44. The van der Waals surface area contributed by atoms with E-state index < -0.39 is 0 Å². The summed E-state index contributed by atoms with van der Waals surface area (Å²) >= 11 is 9.81. The lowest BCUT2D eigenvalue weighted by Crippen LogP contribution is -2.45. The van der Waals surface area contributed by atoms with Crippen molar-refractivity contribution in [3.8, 4) is 16.9 Å². The highest BCUT2D eigenvalue weighted by Gasteiger charge is 2.26. The maximum Gasteiger partial charge on any atom is 0.286 e. The topological polar surface area (TPSA) is 50.2 Å². The monoisotopic (exact) mass is 512 g/mol. The summed E-state index contributed by atoms with van der Waals surface area (Å²) in [6.45, 7) is 3.73. The van der Waals surface area contributed by atoms with E-state index in [1.807, 2.05) is 34.8 Å². The van der Waals surface area contributed by atoms with Crippen molar-refractivity contribution in [3.63, 3.8) is 0 Å². The molecule has 1 amide bonds. The van der Waals surface area contributed by atoms with Crippen molar-refractivity contribution in [2.45, 2.75) is 44.9 Å². The first-order chi connectivity index (χ1) is 15.5. The number of aromatic nitrogens is 2. The molecule has 1 N–H and O–H groups in total. The predicted molar refractivity (Wildman–Crippen MR) is 131 cm³/mol. The van der Waals surface area contributed by atoms with Crippen LogP contribution in [0.4, 0.5) is 0 Å². The second-order valence-electron chi connectivity index (χ2n) is 8.71. The summed E-state index contributed by atoms with van der Waals surface area (Å²) in [6.07, 6.45) is 5.96. The van der Waals surface area contributed by atoms with Crippen LogP contribution in [-0.4, -0.2) is 33.8 Å². The first-order valence-corrected chi connectivity index (χ1v) is 12.4. The van der Waals surface area contributed by atoms with Crippen LogP contribution in [0.25, 0.3) is 16.9 Å². The highest BCUT2D eigenvalue weighted by atomic mass is 79.9. The lowest BCUT2D eigenvalue weighted by Gasteiger charge is -2.26. The lowest BCUT2D eigenvalue weighted by molar-refractivity contribution is 0.0743. The largest absolute Gasteiger partial charge is 0.286 e. The van der Waals surface area contributed by atoms with Gasteiger partial charge in [0.15, 0.2) is 5.69 Å². The molecule has 2 aliphatic rings. The van der Waals surface area contributed by atoms with Crippen molar-refractivity contribution in [2.75, 3.05) is 13.1 Å². The Kier molecular flexibility index (Phi) is 6.10. The van der Waals surface area contributed by atoms with Crippen molar-refractivity contribution >= 4 is 33.4 Å². The first kappa shape index (κ1) is 21.7. The molecular formula is C25H26BrClN4O. The number of carbonyl (C=O) groups excluding carboxylic acids is 1. The van der Waals surface area contributed by atoms with Gasteiger partial charge in [0.2, 0.25) is 0 Å². The Morgan fingerprint density at radius 3 is 2.47 bits per heavy atom. The Bertz CT molecular complexity index is 1150. The van der Waals surface area contributed by atoms with Gasteiger partial charge in [0, 0.05) is 33.7 Å². The van der Waals surface area contributed by atoms with E-state index in [0.29, 0.717) is 16.6 Å². The zero-order valence-electron chi connectivity index (χ0n) is 18.1. The van der Waals surface area contributed by atoms with Gasteiger partial charge in [-0.1, -0.05) is 42.3 Å². The number of nitrogens with zero attached hydrogens (tertiary/aromatic N) is 3. The summed E-state index contributed by atoms with van der Waals surface area (Å²) < 4.78 is 2.68. The number of hydrazine groups is 1. The zero-order chi connectivity index (χ0) is 22.2. The molecule has 2 heterocycles. The van der Waals surface area contributed by atoms with E-state index in [2.05, 4.69) is 45.6 Å². The number of halogens is 2. The average Bonchev–Trinajstić information content (AvgIpc) is 3.58. The molecule has 1 saturated heterocycles. The number of hydrogen-bond acceptors (Lipinski definition) is 3. The third-order valence-electron chi connectivity index (χ3n) is 6.32. The molecule has 3 aromatic rings. The zero-order valence-corrected chi connectivity index (χ0v) is 20.4. The third-order valence-corrected chi connectivity index (χ3v) is 7.19. The summed E-state index contributed by atoms with van der Waals surface area (Å²) in [7, 11) is 0. The van der Waals surface area contributed by atoms with Crippen LogP contribution in [0.3, 0.4) is 0 Å². The number of carbonyl (C=O) groups is 1. The Morgan fingerprint density at radius 2 is 1.81 bits per heavy atom. The summed E-state index contributed by atoms with van der Waals surface area (Å²) in [5.74, 6) is 0.537. The quantitative estimate of drug-likeness (QED) is 0.437. The molecule has 5 nitrogen and oxygen atoms in total. The second kappa shape index (κ2) is 9.00. The first-order valence-electron chi connectivity index (χ1n) is 11.2. The number of piperidine rings is 1.